The highest BCUT2D eigenvalue weighted by Crippen LogP contribution is 2.35. The van der Waals surface area contributed by atoms with E-state index >= 15 is 0 Å². The van der Waals surface area contributed by atoms with E-state index in [4.69, 9.17) is 0 Å². The minimum atomic E-state index is -0.634. The van der Waals surface area contributed by atoms with Gasteiger partial charge in [0.15, 0.2) is 0 Å². The second-order valence-corrected chi connectivity index (χ2v) is 3.72. The molecule has 0 saturated heterocycles. The molecule has 0 radical (unpaired) electrons. The molecule has 1 aromatic carbocycles. The Morgan fingerprint density at radius 3 is 3.00 bits per heavy atom. The van der Waals surface area contributed by atoms with Gasteiger partial charge in [-0.15, -0.1) is 0 Å². The number of nitrogens with one attached hydrogen (secondary N) is 1. The first-order valence-electron chi connectivity index (χ1n) is 4.72. The van der Waals surface area contributed by atoms with E-state index in [-0.39, 0.29) is 0 Å². The van der Waals surface area contributed by atoms with Crippen LogP contribution in [0.5, 0.6) is 0 Å². The molecular weight excluding hydrogens is 162 g/mol. The number of hydrogen-bond acceptors (Lipinski definition) is 2. The number of aliphatic hydroxyl groups is 1. The van der Waals surface area contributed by atoms with Gasteiger partial charge in [-0.3, -0.25) is 0 Å². The van der Waals surface area contributed by atoms with Crippen LogP contribution in [0.3, 0.4) is 0 Å². The predicted octanol–water partition coefficient (Wildman–Crippen LogP) is 1.04. The third-order valence-corrected chi connectivity index (χ3v) is 2.80. The molecule has 1 aliphatic rings. The molecular formula is C11H15NO. The third-order valence-electron chi connectivity index (χ3n) is 2.80. The minimum absolute atomic E-state index is 0.634. The molecule has 0 heterocycles. The Bertz CT molecular complexity index is 307. The summed E-state index contributed by atoms with van der Waals surface area (Å²) in [6, 6.07) is 8.15. The van der Waals surface area contributed by atoms with Gasteiger partial charge in [0, 0.05) is 6.54 Å². The quantitative estimate of drug-likeness (QED) is 0.707. The van der Waals surface area contributed by atoms with Crippen molar-refractivity contribution in [1.29, 1.82) is 0 Å². The number of likely N-dealkylation sites (N-methyl/N-ethyl adjacent to an activating group) is 1. The molecule has 1 aliphatic carbocycles. The first kappa shape index (κ1) is 8.73. The Labute approximate surface area is 78.6 Å². The summed E-state index contributed by atoms with van der Waals surface area (Å²) in [6.45, 7) is 0.643. The zero-order valence-corrected chi connectivity index (χ0v) is 7.88. The second-order valence-electron chi connectivity index (χ2n) is 3.72. The summed E-state index contributed by atoms with van der Waals surface area (Å²) in [7, 11) is 1.87. The van der Waals surface area contributed by atoms with Crippen LogP contribution in [0.2, 0.25) is 0 Å². The van der Waals surface area contributed by atoms with Crippen LogP contribution < -0.4 is 5.32 Å². The molecule has 0 fully saturated rings. The van der Waals surface area contributed by atoms with Crippen molar-refractivity contribution in [2.75, 3.05) is 13.6 Å². The van der Waals surface area contributed by atoms with E-state index in [2.05, 4.69) is 11.4 Å². The van der Waals surface area contributed by atoms with E-state index in [1.165, 1.54) is 5.56 Å². The maximum absolute atomic E-state index is 10.3. The lowest BCUT2D eigenvalue weighted by Crippen LogP contribution is -2.34. The fraction of sp³-hybridized carbons (Fsp3) is 0.455. The van der Waals surface area contributed by atoms with Gasteiger partial charge >= 0.3 is 0 Å². The lowest BCUT2D eigenvalue weighted by Gasteiger charge is -2.23. The highest BCUT2D eigenvalue weighted by atomic mass is 16.3. The van der Waals surface area contributed by atoms with Crippen molar-refractivity contribution < 1.29 is 5.11 Å². The summed E-state index contributed by atoms with van der Waals surface area (Å²) in [5.74, 6) is 0. The largest absolute Gasteiger partial charge is 0.384 e. The first-order chi connectivity index (χ1) is 6.26. The minimum Gasteiger partial charge on any atom is -0.384 e. The Balaban J connectivity index is 2.37. The fourth-order valence-electron chi connectivity index (χ4n) is 2.14. The highest BCUT2D eigenvalue weighted by Gasteiger charge is 2.35. The van der Waals surface area contributed by atoms with Gasteiger partial charge in [0.1, 0.15) is 5.60 Å². The number of rotatable bonds is 2. The van der Waals surface area contributed by atoms with Crippen molar-refractivity contribution in [2.24, 2.45) is 0 Å². The zero-order valence-electron chi connectivity index (χ0n) is 7.88. The van der Waals surface area contributed by atoms with Crippen LogP contribution in [0.4, 0.5) is 0 Å². The van der Waals surface area contributed by atoms with Crippen molar-refractivity contribution in [2.45, 2.75) is 18.4 Å². The number of hydrogen-bond donors (Lipinski definition) is 2. The monoisotopic (exact) mass is 177 g/mol. The van der Waals surface area contributed by atoms with Gasteiger partial charge in [-0.25, -0.2) is 0 Å². The Kier molecular flexibility index (Phi) is 2.10. The van der Waals surface area contributed by atoms with Gasteiger partial charge in [0.25, 0.3) is 0 Å². The molecule has 13 heavy (non-hydrogen) atoms. The van der Waals surface area contributed by atoms with E-state index in [0.29, 0.717) is 6.54 Å². The normalized spacial score (nSPS) is 26.0. The van der Waals surface area contributed by atoms with Crippen LogP contribution in [0.15, 0.2) is 24.3 Å². The lowest BCUT2D eigenvalue weighted by atomic mass is 9.96. The summed E-state index contributed by atoms with van der Waals surface area (Å²) in [5.41, 5.74) is 1.76. The molecule has 2 nitrogen and oxygen atoms in total. The molecule has 2 N–H and O–H groups in total. The average Bonchev–Trinajstić information content (AvgIpc) is 2.46. The van der Waals surface area contributed by atoms with Crippen molar-refractivity contribution in [1.82, 2.24) is 5.32 Å². The van der Waals surface area contributed by atoms with Crippen LogP contribution in [0.25, 0.3) is 0 Å². The molecule has 0 aromatic heterocycles. The molecule has 0 aliphatic heterocycles. The molecule has 0 bridgehead atoms. The maximum atomic E-state index is 10.3. The number of benzene rings is 1. The average molecular weight is 177 g/mol. The summed E-state index contributed by atoms with van der Waals surface area (Å²) >= 11 is 0. The van der Waals surface area contributed by atoms with E-state index in [1.807, 2.05) is 25.2 Å². The summed E-state index contributed by atoms with van der Waals surface area (Å²) in [5, 5.41) is 13.3. The van der Waals surface area contributed by atoms with Crippen LogP contribution in [0.1, 0.15) is 17.5 Å². The molecule has 0 amide bonds. The molecule has 2 rings (SSSR count). The first-order valence-corrected chi connectivity index (χ1v) is 4.72. The summed E-state index contributed by atoms with van der Waals surface area (Å²) < 4.78 is 0. The fourth-order valence-corrected chi connectivity index (χ4v) is 2.14. The molecule has 0 saturated carbocycles. The van der Waals surface area contributed by atoms with E-state index < -0.39 is 5.60 Å². The van der Waals surface area contributed by atoms with Gasteiger partial charge in [-0.2, -0.15) is 0 Å². The van der Waals surface area contributed by atoms with Crippen LogP contribution in [-0.4, -0.2) is 18.7 Å². The van der Waals surface area contributed by atoms with Gasteiger partial charge in [-0.05, 0) is 31.0 Å². The summed E-state index contributed by atoms with van der Waals surface area (Å²) in [4.78, 5) is 0. The van der Waals surface area contributed by atoms with Gasteiger partial charge < -0.3 is 10.4 Å². The zero-order chi connectivity index (χ0) is 9.31. The Hall–Kier alpha value is -0.860. The molecule has 1 unspecified atom stereocenters. The van der Waals surface area contributed by atoms with Crippen LogP contribution >= 0.6 is 0 Å². The Morgan fingerprint density at radius 1 is 1.46 bits per heavy atom. The summed E-state index contributed by atoms with van der Waals surface area (Å²) in [6.07, 6.45) is 1.83. The van der Waals surface area contributed by atoms with Crippen molar-refractivity contribution in [3.05, 3.63) is 35.4 Å². The van der Waals surface area contributed by atoms with Gasteiger partial charge in [-0.1, -0.05) is 24.3 Å². The van der Waals surface area contributed by atoms with Crippen LogP contribution in [0, 0.1) is 0 Å². The van der Waals surface area contributed by atoms with E-state index in [1.54, 1.807) is 0 Å². The smallest absolute Gasteiger partial charge is 0.103 e. The van der Waals surface area contributed by atoms with E-state index in [9.17, 15) is 5.11 Å². The molecule has 1 aromatic rings. The van der Waals surface area contributed by atoms with Crippen LogP contribution in [-0.2, 0) is 12.0 Å². The van der Waals surface area contributed by atoms with Crippen molar-refractivity contribution >= 4 is 0 Å². The topological polar surface area (TPSA) is 32.3 Å². The second kappa shape index (κ2) is 3.13. The van der Waals surface area contributed by atoms with Crippen molar-refractivity contribution in [3.8, 4) is 0 Å². The Morgan fingerprint density at radius 2 is 2.23 bits per heavy atom. The standard InChI is InChI=1S/C11H15NO/c1-12-8-11(13)7-6-9-4-2-3-5-10(9)11/h2-5,12-13H,6-8H2,1H3. The lowest BCUT2D eigenvalue weighted by molar-refractivity contribution is 0.0408. The maximum Gasteiger partial charge on any atom is 0.103 e. The molecule has 70 valence electrons. The van der Waals surface area contributed by atoms with Gasteiger partial charge in [0.2, 0.25) is 0 Å². The van der Waals surface area contributed by atoms with E-state index in [0.717, 1.165) is 18.4 Å². The molecule has 1 atom stereocenters. The highest BCUT2D eigenvalue weighted by molar-refractivity contribution is 5.37. The third kappa shape index (κ3) is 1.36. The predicted molar refractivity (Wildman–Crippen MR) is 52.6 cm³/mol. The molecule has 2 heteroatoms. The SMILES string of the molecule is CNCC1(O)CCc2ccccc21. The molecule has 0 spiro atoms. The number of fused-ring (bicyclic) bond motifs is 1. The van der Waals surface area contributed by atoms with Crippen molar-refractivity contribution in [3.63, 3.8) is 0 Å². The number of aryl methyl sites for hydroxylation is 1. The van der Waals surface area contributed by atoms with Gasteiger partial charge in [0.05, 0.1) is 0 Å².